The average Bonchev–Trinajstić information content (AvgIpc) is 2.85. The van der Waals surface area contributed by atoms with Crippen molar-refractivity contribution in [3.63, 3.8) is 0 Å². The van der Waals surface area contributed by atoms with Gasteiger partial charge in [-0.1, -0.05) is 6.92 Å². The molecule has 0 spiro atoms. The standard InChI is InChI=1S/C14H19BrN4S/c1-3-7-16-13-10(2)14(19-9-18-13)17-8-6-11-4-5-12(15)20-11/h4-5,9H,3,6-8H2,1-2H3,(H2,16,17,18,19). The summed E-state index contributed by atoms with van der Waals surface area (Å²) in [7, 11) is 0. The van der Waals surface area contributed by atoms with Gasteiger partial charge in [-0.2, -0.15) is 0 Å². The second kappa shape index (κ2) is 7.59. The molecule has 4 nitrogen and oxygen atoms in total. The van der Waals surface area contributed by atoms with Gasteiger partial charge < -0.3 is 10.6 Å². The summed E-state index contributed by atoms with van der Waals surface area (Å²) >= 11 is 5.26. The van der Waals surface area contributed by atoms with Crippen molar-refractivity contribution < 1.29 is 0 Å². The molecule has 0 amide bonds. The lowest BCUT2D eigenvalue weighted by atomic mass is 10.3. The Morgan fingerprint density at radius 2 is 1.85 bits per heavy atom. The molecule has 0 unspecified atom stereocenters. The molecule has 2 aromatic heterocycles. The highest BCUT2D eigenvalue weighted by Crippen LogP contribution is 2.23. The first-order valence-electron chi connectivity index (χ1n) is 6.74. The first-order chi connectivity index (χ1) is 9.70. The van der Waals surface area contributed by atoms with Gasteiger partial charge in [-0.3, -0.25) is 0 Å². The van der Waals surface area contributed by atoms with Gasteiger partial charge in [-0.15, -0.1) is 11.3 Å². The minimum Gasteiger partial charge on any atom is -0.370 e. The molecular formula is C14H19BrN4S. The van der Waals surface area contributed by atoms with Gasteiger partial charge in [0.05, 0.1) is 3.79 Å². The largest absolute Gasteiger partial charge is 0.370 e. The summed E-state index contributed by atoms with van der Waals surface area (Å²) in [6.07, 6.45) is 3.69. The number of thiophene rings is 1. The lowest BCUT2D eigenvalue weighted by Gasteiger charge is -2.12. The number of aromatic nitrogens is 2. The molecule has 0 atom stereocenters. The van der Waals surface area contributed by atoms with Gasteiger partial charge >= 0.3 is 0 Å². The van der Waals surface area contributed by atoms with Gasteiger partial charge in [-0.25, -0.2) is 9.97 Å². The molecule has 108 valence electrons. The van der Waals surface area contributed by atoms with Crippen molar-refractivity contribution in [1.29, 1.82) is 0 Å². The van der Waals surface area contributed by atoms with Crippen molar-refractivity contribution in [1.82, 2.24) is 9.97 Å². The lowest BCUT2D eigenvalue weighted by Crippen LogP contribution is -2.10. The summed E-state index contributed by atoms with van der Waals surface area (Å²) in [5, 5.41) is 6.71. The van der Waals surface area contributed by atoms with Gasteiger partial charge in [0.2, 0.25) is 0 Å². The van der Waals surface area contributed by atoms with Crippen LogP contribution in [0.25, 0.3) is 0 Å². The number of halogens is 1. The molecule has 0 aliphatic carbocycles. The molecule has 0 bridgehead atoms. The number of rotatable bonds is 7. The lowest BCUT2D eigenvalue weighted by molar-refractivity contribution is 0.954. The monoisotopic (exact) mass is 354 g/mol. The van der Waals surface area contributed by atoms with Crippen LogP contribution in [0.2, 0.25) is 0 Å². The van der Waals surface area contributed by atoms with E-state index < -0.39 is 0 Å². The summed E-state index contributed by atoms with van der Waals surface area (Å²) < 4.78 is 1.18. The second-order valence-corrected chi connectivity index (χ2v) is 7.05. The van der Waals surface area contributed by atoms with Crippen LogP contribution >= 0.6 is 27.3 Å². The third-order valence-corrected chi connectivity index (χ3v) is 4.60. The molecule has 2 heterocycles. The van der Waals surface area contributed by atoms with Crippen LogP contribution < -0.4 is 10.6 Å². The average molecular weight is 355 g/mol. The normalized spacial score (nSPS) is 10.6. The fraction of sp³-hybridized carbons (Fsp3) is 0.429. The molecule has 0 saturated heterocycles. The van der Waals surface area contributed by atoms with Crippen molar-refractivity contribution in [3.8, 4) is 0 Å². The minimum atomic E-state index is 0.873. The molecule has 0 aromatic carbocycles. The summed E-state index contributed by atoms with van der Waals surface area (Å²) in [6.45, 7) is 5.99. The van der Waals surface area contributed by atoms with Crippen LogP contribution in [0, 0.1) is 6.92 Å². The highest BCUT2D eigenvalue weighted by atomic mass is 79.9. The Bertz CT molecular complexity index is 556. The molecule has 0 saturated carbocycles. The Balaban J connectivity index is 1.92. The minimum absolute atomic E-state index is 0.873. The van der Waals surface area contributed by atoms with Gasteiger partial charge in [-0.05, 0) is 47.8 Å². The van der Waals surface area contributed by atoms with E-state index in [9.17, 15) is 0 Å². The van der Waals surface area contributed by atoms with Crippen LogP contribution in [0.1, 0.15) is 23.8 Å². The predicted octanol–water partition coefficient (Wildman–Crippen LogP) is 4.09. The van der Waals surface area contributed by atoms with Crippen molar-refractivity contribution >= 4 is 38.9 Å². The van der Waals surface area contributed by atoms with Crippen molar-refractivity contribution in [3.05, 3.63) is 32.7 Å². The van der Waals surface area contributed by atoms with Crippen LogP contribution in [0.5, 0.6) is 0 Å². The molecule has 20 heavy (non-hydrogen) atoms. The smallest absolute Gasteiger partial charge is 0.134 e. The zero-order valence-electron chi connectivity index (χ0n) is 11.7. The molecule has 2 aromatic rings. The molecular weight excluding hydrogens is 336 g/mol. The van der Waals surface area contributed by atoms with Crippen LogP contribution in [-0.4, -0.2) is 23.1 Å². The van der Waals surface area contributed by atoms with E-state index in [1.54, 1.807) is 17.7 Å². The number of hydrogen-bond acceptors (Lipinski definition) is 5. The third-order valence-electron chi connectivity index (χ3n) is 2.92. The van der Waals surface area contributed by atoms with Crippen LogP contribution in [0.4, 0.5) is 11.6 Å². The second-order valence-electron chi connectivity index (χ2n) is 4.51. The predicted molar refractivity (Wildman–Crippen MR) is 89.8 cm³/mol. The van der Waals surface area contributed by atoms with E-state index >= 15 is 0 Å². The van der Waals surface area contributed by atoms with Crippen molar-refractivity contribution in [2.45, 2.75) is 26.7 Å². The Morgan fingerprint density at radius 1 is 1.15 bits per heavy atom. The molecule has 2 rings (SSSR count). The molecule has 2 N–H and O–H groups in total. The fourth-order valence-corrected chi connectivity index (χ4v) is 3.32. The number of hydrogen-bond donors (Lipinski definition) is 2. The maximum atomic E-state index is 4.32. The highest BCUT2D eigenvalue weighted by molar-refractivity contribution is 9.11. The van der Waals surface area contributed by atoms with Crippen LogP contribution in [0.15, 0.2) is 22.2 Å². The molecule has 0 aliphatic heterocycles. The number of anilines is 2. The van der Waals surface area contributed by atoms with Gasteiger partial charge in [0.1, 0.15) is 18.0 Å². The quantitative estimate of drug-likeness (QED) is 0.786. The molecule has 6 heteroatoms. The topological polar surface area (TPSA) is 49.8 Å². The first-order valence-corrected chi connectivity index (χ1v) is 8.35. The van der Waals surface area contributed by atoms with Gasteiger partial charge in [0.25, 0.3) is 0 Å². The van der Waals surface area contributed by atoms with E-state index in [1.165, 1.54) is 8.66 Å². The van der Waals surface area contributed by atoms with Crippen LogP contribution in [-0.2, 0) is 6.42 Å². The fourth-order valence-electron chi connectivity index (χ4n) is 1.84. The first kappa shape index (κ1) is 15.3. The molecule has 0 aliphatic rings. The maximum Gasteiger partial charge on any atom is 0.134 e. The van der Waals surface area contributed by atoms with E-state index in [-0.39, 0.29) is 0 Å². The Morgan fingerprint density at radius 3 is 2.45 bits per heavy atom. The molecule has 0 fully saturated rings. The van der Waals surface area contributed by atoms with E-state index in [2.05, 4.69) is 55.6 Å². The summed E-state index contributed by atoms with van der Waals surface area (Å²) in [4.78, 5) is 9.96. The zero-order valence-corrected chi connectivity index (χ0v) is 14.1. The number of nitrogens with zero attached hydrogens (tertiary/aromatic N) is 2. The Labute approximate surface area is 132 Å². The summed E-state index contributed by atoms with van der Waals surface area (Å²) in [6, 6.07) is 4.24. The SMILES string of the molecule is CCCNc1ncnc(NCCc2ccc(Br)s2)c1C. The van der Waals surface area contributed by atoms with Crippen molar-refractivity contribution in [2.75, 3.05) is 23.7 Å². The number of nitrogens with one attached hydrogen (secondary N) is 2. The third kappa shape index (κ3) is 4.18. The van der Waals surface area contributed by atoms with Gasteiger partial charge in [0, 0.05) is 23.5 Å². The Kier molecular flexibility index (Phi) is 5.79. The van der Waals surface area contributed by atoms with E-state index in [0.29, 0.717) is 0 Å². The summed E-state index contributed by atoms with van der Waals surface area (Å²) in [5.41, 5.74) is 1.08. The van der Waals surface area contributed by atoms with Gasteiger partial charge in [0.15, 0.2) is 0 Å². The summed E-state index contributed by atoms with van der Waals surface area (Å²) in [5.74, 6) is 1.83. The van der Waals surface area contributed by atoms with Crippen molar-refractivity contribution in [2.24, 2.45) is 0 Å². The Hall–Kier alpha value is -1.14. The van der Waals surface area contributed by atoms with E-state index in [0.717, 1.165) is 43.1 Å². The highest BCUT2D eigenvalue weighted by Gasteiger charge is 2.06. The van der Waals surface area contributed by atoms with E-state index in [4.69, 9.17) is 0 Å². The zero-order chi connectivity index (χ0) is 14.4. The molecule has 0 radical (unpaired) electrons. The van der Waals surface area contributed by atoms with E-state index in [1.807, 2.05) is 6.92 Å². The maximum absolute atomic E-state index is 4.32. The van der Waals surface area contributed by atoms with Crippen LogP contribution in [0.3, 0.4) is 0 Å².